The standard InChI is InChI=1S/C36H26Br2F6N2O7S/c37-24-5-18(6-25(38)15-24)16-52-28-2-3-30-19(11-28)10-27(1-4-31(54)45-26-8-20(33(48)49)7-21(9-26)34(50)51)46(30)32(47)17-53-29-13-22(35(39,40)41)12-23(14-29)36(42,43)44/h2-3,5-9,11-15,27H,1,4,10,16-17H2,(H,45,54)(H,48,49)(H,50,51). The van der Waals surface area contributed by atoms with Crippen LogP contribution in [0.4, 0.5) is 37.7 Å². The second kappa shape index (κ2) is 16.4. The lowest BCUT2D eigenvalue weighted by molar-refractivity contribution is -0.143. The van der Waals surface area contributed by atoms with Crippen LogP contribution < -0.4 is 19.7 Å². The summed E-state index contributed by atoms with van der Waals surface area (Å²) in [7, 11) is 0. The minimum absolute atomic E-state index is 0.0478. The number of nitrogens with one attached hydrogen (secondary N) is 1. The van der Waals surface area contributed by atoms with Crippen molar-refractivity contribution < 1.29 is 60.4 Å². The summed E-state index contributed by atoms with van der Waals surface area (Å²) in [4.78, 5) is 38.3. The summed E-state index contributed by atoms with van der Waals surface area (Å²) >= 11 is 12.3. The van der Waals surface area contributed by atoms with Gasteiger partial charge in [0.05, 0.1) is 27.2 Å². The summed E-state index contributed by atoms with van der Waals surface area (Å²) in [5, 5.41) is 21.6. The number of carbonyl (C=O) groups excluding carboxylic acids is 1. The smallest absolute Gasteiger partial charge is 0.416 e. The van der Waals surface area contributed by atoms with Gasteiger partial charge in [0, 0.05) is 32.8 Å². The van der Waals surface area contributed by atoms with Crippen molar-refractivity contribution in [1.82, 2.24) is 0 Å². The van der Waals surface area contributed by atoms with E-state index in [2.05, 4.69) is 37.2 Å². The third kappa shape index (κ3) is 10.3. The Kier molecular flexibility index (Phi) is 12.3. The molecule has 3 N–H and O–H groups in total. The van der Waals surface area contributed by atoms with Gasteiger partial charge in [0.1, 0.15) is 18.1 Å². The number of anilines is 2. The summed E-state index contributed by atoms with van der Waals surface area (Å²) in [6.45, 7) is -0.715. The highest BCUT2D eigenvalue weighted by Crippen LogP contribution is 2.40. The molecule has 54 heavy (non-hydrogen) atoms. The number of carbonyl (C=O) groups is 3. The van der Waals surface area contributed by atoms with E-state index in [0.29, 0.717) is 29.1 Å². The van der Waals surface area contributed by atoms with E-state index in [1.807, 2.05) is 18.2 Å². The molecule has 0 bridgehead atoms. The Morgan fingerprint density at radius 1 is 0.796 bits per heavy atom. The number of amides is 1. The molecule has 0 spiro atoms. The highest BCUT2D eigenvalue weighted by molar-refractivity contribution is 9.11. The van der Waals surface area contributed by atoms with Crippen LogP contribution in [0, 0.1) is 0 Å². The second-order valence-electron chi connectivity index (χ2n) is 12.0. The first-order valence-electron chi connectivity index (χ1n) is 15.6. The summed E-state index contributed by atoms with van der Waals surface area (Å²) < 4.78 is 93.5. The lowest BCUT2D eigenvalue weighted by Gasteiger charge is -2.26. The van der Waals surface area contributed by atoms with Crippen LogP contribution in [0.2, 0.25) is 0 Å². The van der Waals surface area contributed by atoms with Crippen molar-refractivity contribution >= 4 is 78.3 Å². The molecule has 1 unspecified atom stereocenters. The van der Waals surface area contributed by atoms with Crippen molar-refractivity contribution in [1.29, 1.82) is 0 Å². The maximum absolute atomic E-state index is 13.7. The molecule has 284 valence electrons. The normalized spacial score (nSPS) is 14.0. The van der Waals surface area contributed by atoms with Gasteiger partial charge in [-0.25, -0.2) is 9.59 Å². The largest absolute Gasteiger partial charge is 0.489 e. The molecular formula is C36H26Br2F6N2O7S. The molecule has 0 radical (unpaired) electrons. The summed E-state index contributed by atoms with van der Waals surface area (Å²) in [5.41, 5.74) is -1.78. The molecule has 1 aliphatic rings. The number of ether oxygens (including phenoxy) is 2. The molecule has 1 heterocycles. The topological polar surface area (TPSA) is 125 Å². The number of hydrogen-bond acceptors (Lipinski definition) is 6. The Morgan fingerprint density at radius 3 is 1.94 bits per heavy atom. The number of carboxylic acids is 2. The average molecular weight is 904 g/mol. The van der Waals surface area contributed by atoms with Crippen molar-refractivity contribution in [3.63, 3.8) is 0 Å². The van der Waals surface area contributed by atoms with E-state index in [1.165, 1.54) is 17.0 Å². The van der Waals surface area contributed by atoms with Gasteiger partial charge in [0.25, 0.3) is 5.91 Å². The van der Waals surface area contributed by atoms with Crippen molar-refractivity contribution in [2.45, 2.75) is 44.3 Å². The number of benzene rings is 4. The van der Waals surface area contributed by atoms with Crippen LogP contribution in [0.3, 0.4) is 0 Å². The van der Waals surface area contributed by atoms with Crippen LogP contribution in [0.5, 0.6) is 11.5 Å². The van der Waals surface area contributed by atoms with Crippen molar-refractivity contribution in [2.24, 2.45) is 0 Å². The predicted octanol–water partition coefficient (Wildman–Crippen LogP) is 9.78. The zero-order valence-corrected chi connectivity index (χ0v) is 31.3. The molecule has 18 heteroatoms. The number of carboxylic acid groups (broad SMARTS) is 2. The molecule has 5 rings (SSSR count). The summed E-state index contributed by atoms with van der Waals surface area (Å²) in [6.07, 6.45) is -9.70. The number of hydrogen-bond donors (Lipinski definition) is 3. The van der Waals surface area contributed by atoms with Gasteiger partial charge >= 0.3 is 24.3 Å². The Hall–Kier alpha value is -4.68. The van der Waals surface area contributed by atoms with Crippen molar-refractivity contribution in [3.8, 4) is 11.5 Å². The number of alkyl halides is 6. The molecular weight excluding hydrogens is 878 g/mol. The first-order chi connectivity index (χ1) is 25.3. The molecule has 0 fully saturated rings. The fourth-order valence-electron chi connectivity index (χ4n) is 5.71. The molecule has 9 nitrogen and oxygen atoms in total. The van der Waals surface area contributed by atoms with Crippen LogP contribution in [-0.2, 0) is 30.2 Å². The van der Waals surface area contributed by atoms with Gasteiger partial charge in [0.15, 0.2) is 6.61 Å². The van der Waals surface area contributed by atoms with Gasteiger partial charge in [-0.1, -0.05) is 44.1 Å². The fourth-order valence-corrected chi connectivity index (χ4v) is 7.34. The number of fused-ring (bicyclic) bond motifs is 1. The predicted molar refractivity (Wildman–Crippen MR) is 195 cm³/mol. The van der Waals surface area contributed by atoms with Crippen LogP contribution in [0.15, 0.2) is 81.7 Å². The van der Waals surface area contributed by atoms with Crippen LogP contribution >= 0.6 is 44.1 Å². The van der Waals surface area contributed by atoms with Gasteiger partial charge in [-0.05, 0) is 96.8 Å². The van der Waals surface area contributed by atoms with Crippen LogP contribution in [0.1, 0.15) is 55.8 Å². The molecule has 1 amide bonds. The number of rotatable bonds is 12. The lowest BCUT2D eigenvalue weighted by atomic mass is 10.1. The van der Waals surface area contributed by atoms with E-state index < -0.39 is 59.7 Å². The third-order valence-corrected chi connectivity index (χ3v) is 9.29. The quantitative estimate of drug-likeness (QED) is 0.0942. The summed E-state index contributed by atoms with van der Waals surface area (Å²) in [5.74, 6) is -3.84. The number of aromatic carboxylic acids is 2. The Morgan fingerprint density at radius 2 is 1.39 bits per heavy atom. The second-order valence-corrected chi connectivity index (χ2v) is 14.3. The average Bonchev–Trinajstić information content (AvgIpc) is 3.45. The Labute approximate surface area is 325 Å². The Balaban J connectivity index is 1.37. The van der Waals surface area contributed by atoms with Gasteiger partial charge in [0.2, 0.25) is 0 Å². The maximum Gasteiger partial charge on any atom is 0.416 e. The van der Waals surface area contributed by atoms with E-state index in [9.17, 15) is 50.9 Å². The molecule has 4 aromatic carbocycles. The van der Waals surface area contributed by atoms with Crippen molar-refractivity contribution in [2.75, 3.05) is 16.8 Å². The molecule has 0 aromatic heterocycles. The van der Waals surface area contributed by atoms with E-state index in [1.54, 1.807) is 18.2 Å². The molecule has 1 atom stereocenters. The molecule has 0 saturated heterocycles. The SMILES string of the molecule is O=C(O)c1cc(NC(=S)CCC2Cc3cc(OCc4cc(Br)cc(Br)c4)ccc3N2C(=O)COc2cc(C(F)(F)F)cc(C(F)(F)F)c2)cc(C(=O)O)c1. The first kappa shape index (κ1) is 40.5. The molecule has 4 aromatic rings. The molecule has 1 aliphatic heterocycles. The molecule has 0 aliphatic carbocycles. The summed E-state index contributed by atoms with van der Waals surface area (Å²) in [6, 6.07) is 14.0. The maximum atomic E-state index is 13.7. The third-order valence-electron chi connectivity index (χ3n) is 8.07. The highest BCUT2D eigenvalue weighted by Gasteiger charge is 2.38. The van der Waals surface area contributed by atoms with Crippen molar-refractivity contribution in [3.05, 3.63) is 115 Å². The number of nitrogens with zero attached hydrogens (tertiary/aromatic N) is 1. The number of halogens is 8. The van der Waals surface area contributed by atoms with Gasteiger partial charge in [-0.2, -0.15) is 26.3 Å². The lowest BCUT2D eigenvalue weighted by Crippen LogP contribution is -2.41. The van der Waals surface area contributed by atoms with Gasteiger partial charge in [-0.15, -0.1) is 0 Å². The van der Waals surface area contributed by atoms with E-state index in [0.717, 1.165) is 20.6 Å². The first-order valence-corrected chi connectivity index (χ1v) is 17.6. The Bertz CT molecular complexity index is 2050. The highest BCUT2D eigenvalue weighted by atomic mass is 79.9. The molecule has 0 saturated carbocycles. The van der Waals surface area contributed by atoms with Gasteiger partial charge in [-0.3, -0.25) is 4.79 Å². The zero-order chi connectivity index (χ0) is 39.5. The monoisotopic (exact) mass is 902 g/mol. The number of thiocarbonyl (C=S) groups is 1. The minimum Gasteiger partial charge on any atom is -0.489 e. The minimum atomic E-state index is -5.12. The zero-order valence-electron chi connectivity index (χ0n) is 27.4. The fraction of sp³-hybridized carbons (Fsp3) is 0.222. The van der Waals surface area contributed by atoms with Crippen LogP contribution in [0.25, 0.3) is 0 Å². The van der Waals surface area contributed by atoms with Crippen LogP contribution in [-0.4, -0.2) is 45.7 Å². The van der Waals surface area contributed by atoms with E-state index in [4.69, 9.17) is 21.7 Å². The van der Waals surface area contributed by atoms with E-state index in [-0.39, 0.29) is 53.7 Å². The van der Waals surface area contributed by atoms with E-state index >= 15 is 0 Å². The van der Waals surface area contributed by atoms with Gasteiger partial charge < -0.3 is 29.9 Å².